The normalized spacial score (nSPS) is 11.4. The van der Waals surface area contributed by atoms with E-state index in [1.807, 2.05) is 0 Å². The number of sulfonamides is 1. The van der Waals surface area contributed by atoms with E-state index in [9.17, 15) is 18.6 Å². The van der Waals surface area contributed by atoms with Crippen LogP contribution in [-0.4, -0.2) is 32.3 Å². The molecule has 0 spiro atoms. The van der Waals surface area contributed by atoms with Crippen LogP contribution < -0.4 is 9.46 Å². The number of phenolic OH excluding ortho intramolecular Hbond substituents is 2. The fourth-order valence-electron chi connectivity index (χ4n) is 2.15. The lowest BCUT2D eigenvalue weighted by molar-refractivity contribution is 0.402. The molecule has 2 aromatic rings. The number of benzene rings is 2. The van der Waals surface area contributed by atoms with E-state index in [1.54, 1.807) is 19.1 Å². The highest BCUT2D eigenvalue weighted by atomic mass is 32.2. The summed E-state index contributed by atoms with van der Waals surface area (Å²) in [5.41, 5.74) is 1.54. The lowest BCUT2D eigenvalue weighted by Gasteiger charge is -2.10. The lowest BCUT2D eigenvalue weighted by atomic mass is 10.1. The van der Waals surface area contributed by atoms with E-state index in [0.717, 1.165) is 11.1 Å². The minimum absolute atomic E-state index is 0.156. The van der Waals surface area contributed by atoms with Crippen LogP contribution in [0, 0.1) is 6.92 Å². The lowest BCUT2D eigenvalue weighted by Crippen LogP contribution is -2.26. The third-order valence-electron chi connectivity index (χ3n) is 3.49. The number of hydrogen-bond acceptors (Lipinski definition) is 5. The molecule has 0 aliphatic heterocycles. The number of ether oxygens (including phenoxy) is 1. The second-order valence-electron chi connectivity index (χ2n) is 5.09. The zero-order chi connectivity index (χ0) is 17.0. The number of nitrogens with one attached hydrogen (secondary N) is 1. The van der Waals surface area contributed by atoms with E-state index >= 15 is 0 Å². The van der Waals surface area contributed by atoms with Gasteiger partial charge in [-0.1, -0.05) is 0 Å². The van der Waals surface area contributed by atoms with Crippen LogP contribution in [-0.2, 0) is 16.4 Å². The summed E-state index contributed by atoms with van der Waals surface area (Å²) in [4.78, 5) is 0.156. The van der Waals surface area contributed by atoms with Gasteiger partial charge in [0, 0.05) is 6.54 Å². The van der Waals surface area contributed by atoms with Crippen LogP contribution in [0.25, 0.3) is 0 Å². The molecule has 0 unspecified atom stereocenters. The van der Waals surface area contributed by atoms with Crippen LogP contribution in [0.4, 0.5) is 0 Å². The SMILES string of the molecule is COc1ccc(S(=O)(=O)NCCc2cc(O)c(O)cc2C)cc1. The highest BCUT2D eigenvalue weighted by Gasteiger charge is 2.14. The Bertz CT molecular complexity index is 785. The van der Waals surface area contributed by atoms with Crippen LogP contribution in [0.3, 0.4) is 0 Å². The molecule has 0 aliphatic rings. The third kappa shape index (κ3) is 4.14. The Kier molecular flexibility index (Phi) is 5.12. The predicted molar refractivity (Wildman–Crippen MR) is 86.4 cm³/mol. The molecule has 2 aromatic carbocycles. The van der Waals surface area contributed by atoms with Crippen molar-refractivity contribution in [3.63, 3.8) is 0 Å². The van der Waals surface area contributed by atoms with E-state index < -0.39 is 10.0 Å². The monoisotopic (exact) mass is 337 g/mol. The molecule has 0 bridgehead atoms. The Morgan fingerprint density at radius 1 is 1.09 bits per heavy atom. The Morgan fingerprint density at radius 3 is 2.30 bits per heavy atom. The molecule has 0 saturated heterocycles. The van der Waals surface area contributed by atoms with Gasteiger partial charge in [0.2, 0.25) is 10.0 Å². The minimum Gasteiger partial charge on any atom is -0.504 e. The van der Waals surface area contributed by atoms with Crippen molar-refractivity contribution in [2.24, 2.45) is 0 Å². The topological polar surface area (TPSA) is 95.9 Å². The van der Waals surface area contributed by atoms with Crippen molar-refractivity contribution in [3.05, 3.63) is 47.5 Å². The summed E-state index contributed by atoms with van der Waals surface area (Å²) in [7, 11) is -2.09. The van der Waals surface area contributed by atoms with Gasteiger partial charge in [0.25, 0.3) is 0 Å². The standard InChI is InChI=1S/C16H19NO5S/c1-11-9-15(18)16(19)10-12(11)7-8-17-23(20,21)14-5-3-13(22-2)4-6-14/h3-6,9-10,17-19H,7-8H2,1-2H3. The Labute approximate surface area is 135 Å². The van der Waals surface area contributed by atoms with Crippen LogP contribution in [0.15, 0.2) is 41.3 Å². The van der Waals surface area contributed by atoms with Gasteiger partial charge >= 0.3 is 0 Å². The van der Waals surface area contributed by atoms with Gasteiger partial charge in [0.05, 0.1) is 12.0 Å². The molecule has 7 heteroatoms. The van der Waals surface area contributed by atoms with Gasteiger partial charge in [0.15, 0.2) is 11.5 Å². The number of methoxy groups -OCH3 is 1. The summed E-state index contributed by atoms with van der Waals surface area (Å²) in [6, 6.07) is 8.99. The summed E-state index contributed by atoms with van der Waals surface area (Å²) in [6.45, 7) is 1.96. The number of rotatable bonds is 6. The Hall–Kier alpha value is -2.25. The van der Waals surface area contributed by atoms with Crippen LogP contribution >= 0.6 is 0 Å². The van der Waals surface area contributed by atoms with E-state index in [0.29, 0.717) is 12.2 Å². The molecular formula is C16H19NO5S. The van der Waals surface area contributed by atoms with Gasteiger partial charge in [0.1, 0.15) is 5.75 Å². The molecule has 2 rings (SSSR count). The second kappa shape index (κ2) is 6.89. The van der Waals surface area contributed by atoms with Crippen molar-refractivity contribution >= 4 is 10.0 Å². The van der Waals surface area contributed by atoms with Crippen LogP contribution in [0.2, 0.25) is 0 Å². The summed E-state index contributed by atoms with van der Waals surface area (Å²) >= 11 is 0. The van der Waals surface area contributed by atoms with Crippen molar-refractivity contribution in [3.8, 4) is 17.2 Å². The summed E-state index contributed by atoms with van der Waals surface area (Å²) in [5, 5.41) is 18.9. The van der Waals surface area contributed by atoms with E-state index in [1.165, 1.54) is 31.4 Å². The van der Waals surface area contributed by atoms with Gasteiger partial charge in [-0.2, -0.15) is 0 Å². The minimum atomic E-state index is -3.60. The molecule has 0 amide bonds. The van der Waals surface area contributed by atoms with Crippen LogP contribution in [0.5, 0.6) is 17.2 Å². The zero-order valence-corrected chi connectivity index (χ0v) is 13.7. The van der Waals surface area contributed by atoms with E-state index in [-0.39, 0.29) is 22.9 Å². The molecule has 0 aromatic heterocycles. The predicted octanol–water partition coefficient (Wildman–Crippen LogP) is 1.94. The average molecular weight is 337 g/mol. The highest BCUT2D eigenvalue weighted by molar-refractivity contribution is 7.89. The van der Waals surface area contributed by atoms with Gasteiger partial charge in [-0.3, -0.25) is 0 Å². The molecule has 0 atom stereocenters. The van der Waals surface area contributed by atoms with Gasteiger partial charge in [-0.05, 0) is 60.9 Å². The van der Waals surface area contributed by atoms with Crippen molar-refractivity contribution in [1.82, 2.24) is 4.72 Å². The first kappa shape index (κ1) is 17.1. The Morgan fingerprint density at radius 2 is 1.70 bits per heavy atom. The number of aryl methyl sites for hydroxylation is 1. The maximum Gasteiger partial charge on any atom is 0.240 e. The summed E-state index contributed by atoms with van der Waals surface area (Å²) in [5.74, 6) is 0.174. The van der Waals surface area contributed by atoms with Crippen molar-refractivity contribution in [1.29, 1.82) is 0 Å². The van der Waals surface area contributed by atoms with E-state index in [4.69, 9.17) is 4.74 Å². The zero-order valence-electron chi connectivity index (χ0n) is 12.9. The van der Waals surface area contributed by atoms with Crippen molar-refractivity contribution < 1.29 is 23.4 Å². The first-order valence-electron chi connectivity index (χ1n) is 6.98. The number of aromatic hydroxyl groups is 2. The molecule has 0 saturated carbocycles. The highest BCUT2D eigenvalue weighted by Crippen LogP contribution is 2.28. The molecule has 0 radical (unpaired) electrons. The van der Waals surface area contributed by atoms with Crippen LogP contribution in [0.1, 0.15) is 11.1 Å². The quantitative estimate of drug-likeness (QED) is 0.700. The summed E-state index contributed by atoms with van der Waals surface area (Å²) < 4.78 is 31.9. The molecule has 0 heterocycles. The maximum absolute atomic E-state index is 12.2. The van der Waals surface area contributed by atoms with Gasteiger partial charge < -0.3 is 14.9 Å². The molecule has 124 valence electrons. The fourth-order valence-corrected chi connectivity index (χ4v) is 3.18. The average Bonchev–Trinajstić information content (AvgIpc) is 2.52. The third-order valence-corrected chi connectivity index (χ3v) is 4.97. The molecule has 23 heavy (non-hydrogen) atoms. The fraction of sp³-hybridized carbons (Fsp3) is 0.250. The molecule has 0 aliphatic carbocycles. The van der Waals surface area contributed by atoms with Crippen molar-refractivity contribution in [2.75, 3.05) is 13.7 Å². The number of phenols is 2. The van der Waals surface area contributed by atoms with Crippen molar-refractivity contribution in [2.45, 2.75) is 18.2 Å². The van der Waals surface area contributed by atoms with Gasteiger partial charge in [-0.15, -0.1) is 0 Å². The second-order valence-corrected chi connectivity index (χ2v) is 6.86. The molecule has 0 fully saturated rings. The molecule has 3 N–H and O–H groups in total. The molecule has 6 nitrogen and oxygen atoms in total. The molecular weight excluding hydrogens is 318 g/mol. The maximum atomic E-state index is 12.2. The Balaban J connectivity index is 2.03. The number of hydrogen-bond donors (Lipinski definition) is 3. The first-order valence-corrected chi connectivity index (χ1v) is 8.47. The smallest absolute Gasteiger partial charge is 0.240 e. The summed E-state index contributed by atoms with van der Waals surface area (Å²) in [6.07, 6.45) is 0.398. The van der Waals surface area contributed by atoms with E-state index in [2.05, 4.69) is 4.72 Å². The largest absolute Gasteiger partial charge is 0.504 e. The first-order chi connectivity index (χ1) is 10.8. The van der Waals surface area contributed by atoms with Gasteiger partial charge in [-0.25, -0.2) is 13.1 Å².